The first kappa shape index (κ1) is 12.1. The Hall–Kier alpha value is -0.980. The third-order valence-electron chi connectivity index (χ3n) is 2.07. The van der Waals surface area contributed by atoms with Crippen molar-refractivity contribution in [2.75, 3.05) is 12.4 Å². The molecule has 0 fully saturated rings. The Kier molecular flexibility index (Phi) is 5.91. The molecule has 0 bridgehead atoms. The van der Waals surface area contributed by atoms with Gasteiger partial charge in [0.05, 0.1) is 12.5 Å². The van der Waals surface area contributed by atoms with Crippen molar-refractivity contribution in [2.45, 2.75) is 18.1 Å². The molecule has 0 heterocycles. The molecule has 0 spiro atoms. The van der Waals surface area contributed by atoms with E-state index in [0.717, 1.165) is 12.2 Å². The second-order valence-corrected chi connectivity index (χ2v) is 4.52. The van der Waals surface area contributed by atoms with Crippen LogP contribution in [0.15, 0.2) is 30.3 Å². The van der Waals surface area contributed by atoms with E-state index in [0.29, 0.717) is 6.42 Å². The lowest BCUT2D eigenvalue weighted by molar-refractivity contribution is 0.296. The zero-order chi connectivity index (χ0) is 10.9. The smallest absolute Gasteiger partial charge is 0.0636 e. The fourth-order valence-electron chi connectivity index (χ4n) is 1.31. The van der Waals surface area contributed by atoms with Crippen LogP contribution in [0.5, 0.6) is 0 Å². The molecule has 1 aromatic carbocycles. The number of aliphatic hydroxyl groups excluding tert-OH is 1. The Morgan fingerprint density at radius 3 is 2.67 bits per heavy atom. The summed E-state index contributed by atoms with van der Waals surface area (Å²) in [7, 11) is 0. The van der Waals surface area contributed by atoms with Crippen LogP contribution in [0.1, 0.15) is 23.7 Å². The van der Waals surface area contributed by atoms with Gasteiger partial charge in [-0.3, -0.25) is 0 Å². The average Bonchev–Trinajstić information content (AvgIpc) is 2.29. The summed E-state index contributed by atoms with van der Waals surface area (Å²) < 4.78 is 0. The monoisotopic (exact) mass is 221 g/mol. The predicted molar refractivity (Wildman–Crippen MR) is 63.6 cm³/mol. The molecule has 1 unspecified atom stereocenters. The van der Waals surface area contributed by atoms with Crippen molar-refractivity contribution in [1.29, 1.82) is 5.26 Å². The fourth-order valence-corrected chi connectivity index (χ4v) is 2.44. The van der Waals surface area contributed by atoms with Crippen molar-refractivity contribution < 1.29 is 5.11 Å². The summed E-state index contributed by atoms with van der Waals surface area (Å²) in [4.78, 5) is 0. The Labute approximate surface area is 94.9 Å². The van der Waals surface area contributed by atoms with Crippen LogP contribution >= 0.6 is 11.8 Å². The first-order valence-corrected chi connectivity index (χ1v) is 6.07. The second kappa shape index (κ2) is 7.33. The van der Waals surface area contributed by atoms with Gasteiger partial charge in [0.25, 0.3) is 0 Å². The van der Waals surface area contributed by atoms with E-state index < -0.39 is 0 Å². The van der Waals surface area contributed by atoms with Gasteiger partial charge < -0.3 is 5.11 Å². The van der Waals surface area contributed by atoms with Crippen molar-refractivity contribution in [3.63, 3.8) is 0 Å². The van der Waals surface area contributed by atoms with Gasteiger partial charge in [0, 0.05) is 11.9 Å². The van der Waals surface area contributed by atoms with Gasteiger partial charge in [-0.25, -0.2) is 0 Å². The zero-order valence-corrected chi connectivity index (χ0v) is 9.41. The Morgan fingerprint density at radius 2 is 2.07 bits per heavy atom. The first-order chi connectivity index (χ1) is 7.38. The Balaban J connectivity index is 2.55. The average molecular weight is 221 g/mol. The molecule has 0 aliphatic carbocycles. The van der Waals surface area contributed by atoms with Gasteiger partial charge in [-0.05, 0) is 17.7 Å². The van der Waals surface area contributed by atoms with Gasteiger partial charge in [0.1, 0.15) is 0 Å². The molecular formula is C12H15NOS. The highest BCUT2D eigenvalue weighted by atomic mass is 32.2. The molecule has 2 nitrogen and oxygen atoms in total. The second-order valence-electron chi connectivity index (χ2n) is 3.21. The molecule has 0 amide bonds. The van der Waals surface area contributed by atoms with E-state index in [1.54, 1.807) is 11.8 Å². The highest BCUT2D eigenvalue weighted by Gasteiger charge is 2.10. The number of nitrogens with zero attached hydrogens (tertiary/aromatic N) is 1. The van der Waals surface area contributed by atoms with Crippen LogP contribution in [-0.2, 0) is 0 Å². The molecule has 0 aliphatic heterocycles. The lowest BCUT2D eigenvalue weighted by Gasteiger charge is -2.13. The lowest BCUT2D eigenvalue weighted by atomic mass is 10.1. The van der Waals surface area contributed by atoms with E-state index in [1.165, 1.54) is 5.56 Å². The standard InChI is InChI=1S/C12H15NOS/c13-8-7-12(15-10-4-9-14)11-5-2-1-3-6-11/h1-3,5-6,12,14H,4,7,9-10H2. The normalized spacial score (nSPS) is 12.0. The van der Waals surface area contributed by atoms with E-state index >= 15 is 0 Å². The number of benzene rings is 1. The quantitative estimate of drug-likeness (QED) is 0.751. The molecule has 0 aromatic heterocycles. The Morgan fingerprint density at radius 1 is 1.33 bits per heavy atom. The summed E-state index contributed by atoms with van der Waals surface area (Å²) >= 11 is 1.74. The van der Waals surface area contributed by atoms with Crippen molar-refractivity contribution in [3.8, 4) is 6.07 Å². The van der Waals surface area contributed by atoms with Crippen LogP contribution in [0, 0.1) is 11.3 Å². The molecule has 1 N–H and O–H groups in total. The number of thioether (sulfide) groups is 1. The number of hydrogen-bond donors (Lipinski definition) is 1. The van der Waals surface area contributed by atoms with E-state index in [2.05, 4.69) is 6.07 Å². The highest BCUT2D eigenvalue weighted by molar-refractivity contribution is 7.99. The number of aliphatic hydroxyl groups is 1. The molecule has 1 atom stereocenters. The van der Waals surface area contributed by atoms with Crippen LogP contribution in [0.4, 0.5) is 0 Å². The SMILES string of the molecule is N#CCC(SCCCO)c1ccccc1. The number of rotatable bonds is 6. The molecular weight excluding hydrogens is 206 g/mol. The van der Waals surface area contributed by atoms with Gasteiger partial charge in [-0.1, -0.05) is 30.3 Å². The summed E-state index contributed by atoms with van der Waals surface area (Å²) in [6.45, 7) is 0.223. The van der Waals surface area contributed by atoms with Crippen molar-refractivity contribution >= 4 is 11.8 Å². The summed E-state index contributed by atoms with van der Waals surface area (Å²) in [6, 6.07) is 12.3. The molecule has 0 saturated carbocycles. The largest absolute Gasteiger partial charge is 0.396 e. The molecule has 0 radical (unpaired) electrons. The minimum atomic E-state index is 0.223. The van der Waals surface area contributed by atoms with Gasteiger partial charge >= 0.3 is 0 Å². The summed E-state index contributed by atoms with van der Waals surface area (Å²) in [6.07, 6.45) is 1.32. The number of hydrogen-bond acceptors (Lipinski definition) is 3. The van der Waals surface area contributed by atoms with E-state index in [9.17, 15) is 0 Å². The molecule has 1 rings (SSSR count). The van der Waals surface area contributed by atoms with Crippen LogP contribution in [0.3, 0.4) is 0 Å². The first-order valence-electron chi connectivity index (χ1n) is 5.03. The number of nitriles is 1. The van der Waals surface area contributed by atoms with Gasteiger partial charge in [0.2, 0.25) is 0 Å². The topological polar surface area (TPSA) is 44.0 Å². The summed E-state index contributed by atoms with van der Waals surface area (Å²) in [5.74, 6) is 0.901. The van der Waals surface area contributed by atoms with Crippen LogP contribution in [0.2, 0.25) is 0 Å². The maximum Gasteiger partial charge on any atom is 0.0636 e. The van der Waals surface area contributed by atoms with E-state index in [-0.39, 0.29) is 11.9 Å². The maximum absolute atomic E-state index is 8.74. The maximum atomic E-state index is 8.74. The third-order valence-corrected chi connectivity index (χ3v) is 3.44. The van der Waals surface area contributed by atoms with Gasteiger partial charge in [-0.2, -0.15) is 17.0 Å². The highest BCUT2D eigenvalue weighted by Crippen LogP contribution is 2.31. The van der Waals surface area contributed by atoms with Crippen molar-refractivity contribution in [1.82, 2.24) is 0 Å². The van der Waals surface area contributed by atoms with Gasteiger partial charge in [0.15, 0.2) is 0 Å². The van der Waals surface area contributed by atoms with Crippen molar-refractivity contribution in [3.05, 3.63) is 35.9 Å². The molecule has 15 heavy (non-hydrogen) atoms. The summed E-state index contributed by atoms with van der Waals surface area (Å²) in [5.41, 5.74) is 1.20. The lowest BCUT2D eigenvalue weighted by Crippen LogP contribution is -1.95. The molecule has 0 saturated heterocycles. The van der Waals surface area contributed by atoms with Crippen LogP contribution in [-0.4, -0.2) is 17.5 Å². The molecule has 1 aromatic rings. The minimum Gasteiger partial charge on any atom is -0.396 e. The van der Waals surface area contributed by atoms with E-state index in [4.69, 9.17) is 10.4 Å². The predicted octanol–water partition coefficient (Wildman–Crippen LogP) is 2.76. The summed E-state index contributed by atoms with van der Waals surface area (Å²) in [5, 5.41) is 17.7. The van der Waals surface area contributed by atoms with Crippen LogP contribution < -0.4 is 0 Å². The van der Waals surface area contributed by atoms with Crippen LogP contribution in [0.25, 0.3) is 0 Å². The Bertz CT molecular complexity index is 307. The third kappa shape index (κ3) is 4.37. The molecule has 0 aliphatic rings. The zero-order valence-electron chi connectivity index (χ0n) is 8.60. The van der Waals surface area contributed by atoms with Crippen molar-refractivity contribution in [2.24, 2.45) is 0 Å². The van der Waals surface area contributed by atoms with Gasteiger partial charge in [-0.15, -0.1) is 0 Å². The molecule has 80 valence electrons. The fraction of sp³-hybridized carbons (Fsp3) is 0.417. The molecule has 3 heteroatoms. The minimum absolute atomic E-state index is 0.223. The van der Waals surface area contributed by atoms with E-state index in [1.807, 2.05) is 30.3 Å².